The highest BCUT2D eigenvalue weighted by Crippen LogP contribution is 2.36. The highest BCUT2D eigenvalue weighted by Gasteiger charge is 2.20. The van der Waals surface area contributed by atoms with Crippen LogP contribution >= 0.6 is 0 Å². The van der Waals surface area contributed by atoms with Crippen molar-refractivity contribution in [2.45, 2.75) is 46.5 Å². The number of rotatable bonds is 4. The Labute approximate surface area is 164 Å². The predicted molar refractivity (Wildman–Crippen MR) is 108 cm³/mol. The summed E-state index contributed by atoms with van der Waals surface area (Å²) in [6.07, 6.45) is 1.72. The lowest BCUT2D eigenvalue weighted by molar-refractivity contribution is 0.345. The van der Waals surface area contributed by atoms with Crippen LogP contribution < -0.4 is 0 Å². The van der Waals surface area contributed by atoms with Gasteiger partial charge in [0.2, 0.25) is 0 Å². The fourth-order valence-corrected chi connectivity index (χ4v) is 3.68. The number of phenols is 3. The van der Waals surface area contributed by atoms with Crippen molar-refractivity contribution in [2.24, 2.45) is 0 Å². The molecule has 0 radical (unpaired) electrons. The molecule has 0 bridgehead atoms. The molecule has 0 saturated heterocycles. The molecule has 0 atom stereocenters. The Morgan fingerprint density at radius 2 is 1.39 bits per heavy atom. The molecule has 0 spiro atoms. The van der Waals surface area contributed by atoms with Gasteiger partial charge in [0.15, 0.2) is 0 Å². The summed E-state index contributed by atoms with van der Waals surface area (Å²) in [7, 11) is 0. The molecule has 3 rings (SSSR count). The van der Waals surface area contributed by atoms with Gasteiger partial charge in [-0.25, -0.2) is 0 Å². The molecule has 1 aliphatic carbocycles. The summed E-state index contributed by atoms with van der Waals surface area (Å²) < 4.78 is 0. The maximum atomic E-state index is 10.8. The van der Waals surface area contributed by atoms with Crippen molar-refractivity contribution in [1.29, 1.82) is 0 Å². The van der Waals surface area contributed by atoms with Gasteiger partial charge in [-0.05, 0) is 55.5 Å². The Kier molecular flexibility index (Phi) is 5.27. The monoisotopic (exact) mass is 382 g/mol. The lowest BCUT2D eigenvalue weighted by atomic mass is 9.89. The van der Waals surface area contributed by atoms with Crippen LogP contribution in [0.25, 0.3) is 0 Å². The first kappa shape index (κ1) is 19.7. The summed E-state index contributed by atoms with van der Waals surface area (Å²) in [6, 6.07) is 6.93. The smallest absolute Gasteiger partial charge is 0.125 e. The number of hydrogen-bond donors (Lipinski definition) is 5. The van der Waals surface area contributed by atoms with E-state index >= 15 is 0 Å². The summed E-state index contributed by atoms with van der Waals surface area (Å²) in [5.41, 5.74) is 4.62. The van der Waals surface area contributed by atoms with E-state index in [9.17, 15) is 25.5 Å². The number of aliphatic hydroxyl groups is 2. The fourth-order valence-electron chi connectivity index (χ4n) is 3.68. The second kappa shape index (κ2) is 7.50. The van der Waals surface area contributed by atoms with E-state index in [1.54, 1.807) is 19.9 Å². The van der Waals surface area contributed by atoms with Crippen LogP contribution in [0.2, 0.25) is 0 Å². The molecule has 28 heavy (non-hydrogen) atoms. The number of hydrogen-bond acceptors (Lipinski definition) is 5. The first-order valence-electron chi connectivity index (χ1n) is 9.30. The molecule has 0 amide bonds. The van der Waals surface area contributed by atoms with Crippen molar-refractivity contribution >= 4 is 0 Å². The second-order valence-electron chi connectivity index (χ2n) is 7.53. The van der Waals surface area contributed by atoms with E-state index < -0.39 is 0 Å². The zero-order valence-electron chi connectivity index (χ0n) is 16.4. The van der Waals surface area contributed by atoms with Gasteiger partial charge in [-0.2, -0.15) is 0 Å². The van der Waals surface area contributed by atoms with E-state index in [-0.39, 0.29) is 28.8 Å². The number of aliphatic hydroxyl groups excluding tert-OH is 2. The van der Waals surface area contributed by atoms with Crippen LogP contribution in [0.5, 0.6) is 17.2 Å². The zero-order valence-corrected chi connectivity index (χ0v) is 16.4. The Hall–Kier alpha value is -3.08. The average Bonchev–Trinajstić information content (AvgIpc) is 2.66. The van der Waals surface area contributed by atoms with Crippen LogP contribution in [-0.4, -0.2) is 25.5 Å². The maximum absolute atomic E-state index is 10.8. The standard InChI is InChI=1S/C23H26O5/c1-12-8-17(10-15-4-6-19(24)13(2)21(15)26)23(28)18(9-12)11-16-5-7-20(25)14(3)22(16)27/h4,6,8-9,24-28H,5,7,10-11H2,1-3H3. The SMILES string of the molecule is CC1=C(O)CCC(Cc2cc(C)cc(Cc3ccc(O)c(C)c3O)c2O)=C1O. The molecular formula is C23H26O5. The van der Waals surface area contributed by atoms with Gasteiger partial charge in [0.25, 0.3) is 0 Å². The number of phenolic OH excluding ortho intramolecular Hbond substituents is 3. The number of aromatic hydroxyl groups is 3. The molecule has 0 aliphatic heterocycles. The predicted octanol–water partition coefficient (Wildman–Crippen LogP) is 4.99. The molecule has 5 nitrogen and oxygen atoms in total. The normalized spacial score (nSPS) is 14.7. The van der Waals surface area contributed by atoms with Crippen LogP contribution in [-0.2, 0) is 12.8 Å². The highest BCUT2D eigenvalue weighted by atomic mass is 16.3. The topological polar surface area (TPSA) is 101 Å². The van der Waals surface area contributed by atoms with Gasteiger partial charge >= 0.3 is 0 Å². The van der Waals surface area contributed by atoms with Crippen molar-refractivity contribution in [3.05, 3.63) is 74.7 Å². The highest BCUT2D eigenvalue weighted by molar-refractivity contribution is 5.53. The Balaban J connectivity index is 1.97. The summed E-state index contributed by atoms with van der Waals surface area (Å²) in [6.45, 7) is 5.25. The van der Waals surface area contributed by atoms with E-state index in [1.807, 2.05) is 19.1 Å². The number of aryl methyl sites for hydroxylation is 1. The molecule has 0 heterocycles. The molecule has 0 unspecified atom stereocenters. The number of allylic oxidation sites excluding steroid dienone is 3. The third-order valence-corrected chi connectivity index (χ3v) is 5.47. The summed E-state index contributed by atoms with van der Waals surface area (Å²) >= 11 is 0. The van der Waals surface area contributed by atoms with Crippen molar-refractivity contribution in [2.75, 3.05) is 0 Å². The zero-order chi connectivity index (χ0) is 20.6. The van der Waals surface area contributed by atoms with Crippen LogP contribution in [0.3, 0.4) is 0 Å². The second-order valence-corrected chi connectivity index (χ2v) is 7.53. The molecule has 5 N–H and O–H groups in total. The minimum absolute atomic E-state index is 0.0197. The third-order valence-electron chi connectivity index (χ3n) is 5.47. The van der Waals surface area contributed by atoms with Crippen LogP contribution in [0.1, 0.15) is 47.6 Å². The largest absolute Gasteiger partial charge is 0.512 e. The molecule has 0 fully saturated rings. The minimum Gasteiger partial charge on any atom is -0.512 e. The molecule has 0 saturated carbocycles. The van der Waals surface area contributed by atoms with Crippen molar-refractivity contribution in [1.82, 2.24) is 0 Å². The van der Waals surface area contributed by atoms with Gasteiger partial charge in [-0.1, -0.05) is 23.8 Å². The van der Waals surface area contributed by atoms with E-state index in [2.05, 4.69) is 0 Å². The van der Waals surface area contributed by atoms with E-state index in [0.29, 0.717) is 53.5 Å². The Bertz CT molecular complexity index is 999. The molecule has 0 aromatic heterocycles. The third kappa shape index (κ3) is 3.65. The van der Waals surface area contributed by atoms with Gasteiger partial charge in [0.05, 0.1) is 5.76 Å². The Morgan fingerprint density at radius 3 is 2.07 bits per heavy atom. The van der Waals surface area contributed by atoms with Gasteiger partial charge in [0, 0.05) is 30.4 Å². The van der Waals surface area contributed by atoms with Crippen LogP contribution in [0, 0.1) is 13.8 Å². The summed E-state index contributed by atoms with van der Waals surface area (Å²) in [5, 5.41) is 51.0. The minimum atomic E-state index is 0.0197. The maximum Gasteiger partial charge on any atom is 0.125 e. The van der Waals surface area contributed by atoms with E-state index in [4.69, 9.17) is 0 Å². The first-order valence-corrected chi connectivity index (χ1v) is 9.30. The van der Waals surface area contributed by atoms with Gasteiger partial charge in [-0.15, -0.1) is 0 Å². The molecule has 2 aromatic carbocycles. The van der Waals surface area contributed by atoms with Crippen molar-refractivity contribution < 1.29 is 25.5 Å². The van der Waals surface area contributed by atoms with Crippen LogP contribution in [0.15, 0.2) is 46.9 Å². The summed E-state index contributed by atoms with van der Waals surface area (Å²) in [5.74, 6) is 0.479. The molecular weight excluding hydrogens is 356 g/mol. The molecule has 2 aromatic rings. The van der Waals surface area contributed by atoms with E-state index in [0.717, 1.165) is 11.1 Å². The summed E-state index contributed by atoms with van der Waals surface area (Å²) in [4.78, 5) is 0. The van der Waals surface area contributed by atoms with Crippen molar-refractivity contribution in [3.8, 4) is 17.2 Å². The molecule has 1 aliphatic rings. The van der Waals surface area contributed by atoms with Crippen LogP contribution in [0.4, 0.5) is 0 Å². The average molecular weight is 382 g/mol. The van der Waals surface area contributed by atoms with Gasteiger partial charge in [0.1, 0.15) is 23.0 Å². The van der Waals surface area contributed by atoms with Crippen molar-refractivity contribution in [3.63, 3.8) is 0 Å². The first-order chi connectivity index (χ1) is 13.2. The lowest BCUT2D eigenvalue weighted by Gasteiger charge is -2.19. The fraction of sp³-hybridized carbons (Fsp3) is 0.304. The Morgan fingerprint density at radius 1 is 0.750 bits per heavy atom. The van der Waals surface area contributed by atoms with Gasteiger partial charge in [-0.3, -0.25) is 0 Å². The lowest BCUT2D eigenvalue weighted by Crippen LogP contribution is -2.07. The van der Waals surface area contributed by atoms with Gasteiger partial charge < -0.3 is 25.5 Å². The van der Waals surface area contributed by atoms with E-state index in [1.165, 1.54) is 6.07 Å². The molecule has 5 heteroatoms. The quantitative estimate of drug-likeness (QED) is 0.513. The molecule has 148 valence electrons. The number of benzene rings is 2.